The van der Waals surface area contributed by atoms with Crippen LogP contribution in [-0.2, 0) is 36.1 Å². The molecule has 1 unspecified atom stereocenters. The number of nitriles is 1. The van der Waals surface area contributed by atoms with Gasteiger partial charge < -0.3 is 10.1 Å². The molecule has 0 aliphatic carbocycles. The second kappa shape index (κ2) is 12.4. The summed E-state index contributed by atoms with van der Waals surface area (Å²) in [6.45, 7) is 0. The summed E-state index contributed by atoms with van der Waals surface area (Å²) in [5.41, 5.74) is 2.97. The third-order valence-electron chi connectivity index (χ3n) is 6.36. The average molecular weight is 650 g/mol. The Labute approximate surface area is 248 Å². The monoisotopic (exact) mass is 649 g/mol. The van der Waals surface area contributed by atoms with Crippen molar-refractivity contribution in [1.82, 2.24) is 19.4 Å². The number of fused-ring (bicyclic) bond motifs is 1. The molecule has 1 aliphatic heterocycles. The van der Waals surface area contributed by atoms with Gasteiger partial charge in [-0.2, -0.15) is 18.4 Å². The normalized spacial score (nSPS) is 16.8. The molecule has 2 heterocycles. The maximum atomic E-state index is 13.2. The number of nitrogens with zero attached hydrogens (tertiary/aromatic N) is 2. The number of imidazole rings is 1. The lowest BCUT2D eigenvalue weighted by atomic mass is 10.0. The quantitative estimate of drug-likeness (QED) is 0.232. The van der Waals surface area contributed by atoms with Crippen LogP contribution < -0.4 is 9.44 Å². The number of benzene rings is 3. The minimum Gasteiger partial charge on any atom is -0.475 e. The van der Waals surface area contributed by atoms with Crippen LogP contribution in [0, 0.1) is 11.3 Å². The number of nitrogens with one attached hydrogen (secondary N) is 3. The molecule has 3 aromatic carbocycles. The Kier molecular flexibility index (Phi) is 9.09. The fraction of sp³-hybridized carbons (Fsp3) is 0.185. The molecule has 0 spiro atoms. The Hall–Kier alpha value is -4.79. The summed E-state index contributed by atoms with van der Waals surface area (Å²) in [7, 11) is -7.75. The van der Waals surface area contributed by atoms with Crippen molar-refractivity contribution in [2.24, 2.45) is 0 Å². The first kappa shape index (κ1) is 32.1. The number of carboxylic acid groups (broad SMARTS) is 1. The summed E-state index contributed by atoms with van der Waals surface area (Å²) < 4.78 is 87.3. The van der Waals surface area contributed by atoms with Crippen LogP contribution in [0.15, 0.2) is 77.7 Å². The van der Waals surface area contributed by atoms with Crippen molar-refractivity contribution in [1.29, 1.82) is 5.26 Å². The second-order valence-corrected chi connectivity index (χ2v) is 13.0. The van der Waals surface area contributed by atoms with Crippen LogP contribution in [-0.4, -0.2) is 50.0 Å². The number of aromatic nitrogens is 2. The fourth-order valence-corrected chi connectivity index (χ4v) is 6.88. The highest BCUT2D eigenvalue weighted by Gasteiger charge is 2.38. The lowest BCUT2D eigenvalue weighted by Crippen LogP contribution is -2.31. The number of carbonyl (C=O) groups is 2. The summed E-state index contributed by atoms with van der Waals surface area (Å²) in [5.74, 6) is -2.89. The molecule has 17 heteroatoms. The number of carbonyl (C=O) groups excluding carboxylic acids is 1. The number of alkyl halides is 3. The lowest BCUT2D eigenvalue weighted by Gasteiger charge is -2.18. The maximum Gasteiger partial charge on any atom is 0.490 e. The van der Waals surface area contributed by atoms with Gasteiger partial charge in [-0.05, 0) is 53.9 Å². The summed E-state index contributed by atoms with van der Waals surface area (Å²) in [6.07, 6.45) is -5.02. The SMILES string of the molecule is N#Cc1ccc(S(=O)(=O)N[C@@H](Cc2ccc(C3CC(=O)NS3(=O)=O)cc2)c2nc3ccccc3[nH]2)cc1.O=C(O)C(F)(F)F. The van der Waals surface area contributed by atoms with Crippen molar-refractivity contribution in [3.63, 3.8) is 0 Å². The van der Waals surface area contributed by atoms with Crippen molar-refractivity contribution in [2.45, 2.75) is 35.2 Å². The first-order valence-corrected chi connectivity index (χ1v) is 15.5. The predicted octanol–water partition coefficient (Wildman–Crippen LogP) is 3.22. The van der Waals surface area contributed by atoms with E-state index in [0.29, 0.717) is 22.5 Å². The van der Waals surface area contributed by atoms with Crippen LogP contribution in [0.4, 0.5) is 13.2 Å². The van der Waals surface area contributed by atoms with Crippen LogP contribution >= 0.6 is 0 Å². The van der Waals surface area contributed by atoms with Crippen molar-refractivity contribution in [3.05, 3.63) is 95.3 Å². The average Bonchev–Trinajstić information content (AvgIpc) is 3.52. The van der Waals surface area contributed by atoms with E-state index in [0.717, 1.165) is 11.1 Å². The predicted molar refractivity (Wildman–Crippen MR) is 149 cm³/mol. The molecule has 0 radical (unpaired) electrons. The van der Waals surface area contributed by atoms with Gasteiger partial charge in [0, 0.05) is 0 Å². The molecule has 1 aliphatic rings. The number of para-hydroxylation sites is 2. The van der Waals surface area contributed by atoms with Gasteiger partial charge >= 0.3 is 12.1 Å². The third-order valence-corrected chi connectivity index (χ3v) is 9.55. The Morgan fingerprint density at radius 2 is 1.70 bits per heavy atom. The molecule has 1 amide bonds. The van der Waals surface area contributed by atoms with Gasteiger partial charge in [0.2, 0.25) is 26.0 Å². The number of halogens is 3. The molecular weight excluding hydrogens is 627 g/mol. The zero-order valence-electron chi connectivity index (χ0n) is 22.2. The van der Waals surface area contributed by atoms with Gasteiger partial charge in [0.25, 0.3) is 0 Å². The van der Waals surface area contributed by atoms with Crippen molar-refractivity contribution in [2.75, 3.05) is 0 Å². The van der Waals surface area contributed by atoms with Gasteiger partial charge in [-0.25, -0.2) is 31.3 Å². The van der Waals surface area contributed by atoms with E-state index in [1.807, 2.05) is 35.1 Å². The summed E-state index contributed by atoms with van der Waals surface area (Å²) in [4.78, 5) is 28.2. The largest absolute Gasteiger partial charge is 0.490 e. The molecule has 1 saturated heterocycles. The zero-order chi connectivity index (χ0) is 32.3. The highest BCUT2D eigenvalue weighted by atomic mass is 32.2. The van der Waals surface area contributed by atoms with Crippen LogP contribution in [0.25, 0.3) is 11.0 Å². The number of rotatable bonds is 7. The van der Waals surface area contributed by atoms with E-state index in [-0.39, 0.29) is 17.7 Å². The van der Waals surface area contributed by atoms with Crippen molar-refractivity contribution >= 4 is 43.0 Å². The Morgan fingerprint density at radius 3 is 2.23 bits per heavy atom. The van der Waals surface area contributed by atoms with E-state index in [1.165, 1.54) is 24.3 Å². The zero-order valence-corrected chi connectivity index (χ0v) is 23.9. The molecular formula is C27H22F3N5O7S2. The van der Waals surface area contributed by atoms with E-state index in [1.54, 1.807) is 24.3 Å². The van der Waals surface area contributed by atoms with Gasteiger partial charge in [-0.15, -0.1) is 0 Å². The van der Waals surface area contributed by atoms with Crippen molar-refractivity contribution in [3.8, 4) is 6.07 Å². The van der Waals surface area contributed by atoms with Gasteiger partial charge in [0.05, 0.1) is 40.0 Å². The number of aromatic amines is 1. The Morgan fingerprint density at radius 1 is 1.09 bits per heavy atom. The number of amides is 1. The number of hydrogen-bond acceptors (Lipinski definition) is 8. The topological polar surface area (TPSA) is 199 Å². The summed E-state index contributed by atoms with van der Waals surface area (Å²) >= 11 is 0. The van der Waals surface area contributed by atoms with Gasteiger partial charge in [0.15, 0.2) is 0 Å². The molecule has 0 bridgehead atoms. The first-order valence-electron chi connectivity index (χ1n) is 12.5. The standard InChI is InChI=1S/C25H21N5O5S2.C2HF3O2/c26-15-17-7-11-19(12-8-17)36(32,33)29-22(25-27-20-3-1-2-4-21(20)28-25)13-16-5-9-18(10-6-16)23-14-24(31)30-37(23,34)35;3-2(4,5)1(6)7/h1-12,22-23,29H,13-14H2,(H,27,28)(H,30,31);(H,6,7)/t22-,23?;/m0./s1. The number of aliphatic carboxylic acids is 1. The van der Waals surface area contributed by atoms with E-state index < -0.39 is 49.4 Å². The van der Waals surface area contributed by atoms with Crippen molar-refractivity contribution < 1.29 is 44.7 Å². The molecule has 1 fully saturated rings. The number of carboxylic acids is 1. The van der Waals surface area contributed by atoms with E-state index in [4.69, 9.17) is 15.2 Å². The van der Waals surface area contributed by atoms with Gasteiger partial charge in [-0.3, -0.25) is 9.52 Å². The minimum atomic E-state index is -5.08. The molecule has 2 atom stereocenters. The number of H-pyrrole nitrogens is 1. The third kappa shape index (κ3) is 7.58. The molecule has 4 aromatic rings. The van der Waals surface area contributed by atoms with Crippen LogP contribution in [0.2, 0.25) is 0 Å². The molecule has 0 saturated carbocycles. The van der Waals surface area contributed by atoms with E-state index in [9.17, 15) is 34.8 Å². The number of hydrogen-bond donors (Lipinski definition) is 4. The molecule has 5 rings (SSSR count). The molecule has 4 N–H and O–H groups in total. The van der Waals surface area contributed by atoms with Crippen LogP contribution in [0.1, 0.15) is 40.2 Å². The van der Waals surface area contributed by atoms with Crippen LogP contribution in [0.3, 0.4) is 0 Å². The highest BCUT2D eigenvalue weighted by Crippen LogP contribution is 2.31. The lowest BCUT2D eigenvalue weighted by molar-refractivity contribution is -0.192. The first-order chi connectivity index (χ1) is 20.6. The molecule has 12 nitrogen and oxygen atoms in total. The van der Waals surface area contributed by atoms with Gasteiger partial charge in [0.1, 0.15) is 11.1 Å². The summed E-state index contributed by atoms with van der Waals surface area (Å²) in [5, 5.41) is 15.2. The van der Waals surface area contributed by atoms with Crippen LogP contribution in [0.5, 0.6) is 0 Å². The fourth-order valence-electron chi connectivity index (χ4n) is 4.25. The number of sulfonamides is 2. The second-order valence-electron chi connectivity index (χ2n) is 9.46. The summed E-state index contributed by atoms with van der Waals surface area (Å²) in [6, 6.07) is 20.8. The molecule has 1 aromatic heterocycles. The molecule has 230 valence electrons. The van der Waals surface area contributed by atoms with E-state index in [2.05, 4.69) is 14.7 Å². The van der Waals surface area contributed by atoms with Gasteiger partial charge in [-0.1, -0.05) is 36.4 Å². The Bertz CT molecular complexity index is 1920. The Balaban J connectivity index is 0.000000566. The highest BCUT2D eigenvalue weighted by molar-refractivity contribution is 7.90. The smallest absolute Gasteiger partial charge is 0.475 e. The van der Waals surface area contributed by atoms with E-state index >= 15 is 0 Å². The molecule has 44 heavy (non-hydrogen) atoms. The minimum absolute atomic E-state index is 0.00608. The maximum absolute atomic E-state index is 13.2.